The van der Waals surface area contributed by atoms with Gasteiger partial charge in [0, 0.05) is 34.0 Å². The van der Waals surface area contributed by atoms with E-state index in [0.717, 1.165) is 22.7 Å². The number of benzene rings is 1. The van der Waals surface area contributed by atoms with Crippen molar-refractivity contribution in [3.63, 3.8) is 0 Å². The van der Waals surface area contributed by atoms with Gasteiger partial charge in [0.05, 0.1) is 23.0 Å². The molecule has 0 unspecified atom stereocenters. The molecular formula is C22H32N4O5S. The Kier molecular flexibility index (Phi) is 6.94. The molecule has 10 heteroatoms. The van der Waals surface area contributed by atoms with Gasteiger partial charge in [-0.1, -0.05) is 6.92 Å². The van der Waals surface area contributed by atoms with Crippen LogP contribution in [0.2, 0.25) is 0 Å². The van der Waals surface area contributed by atoms with Crippen LogP contribution in [0.1, 0.15) is 44.9 Å². The molecule has 0 bridgehead atoms. The molecule has 1 fully saturated rings. The highest BCUT2D eigenvalue weighted by Gasteiger charge is 2.43. The Morgan fingerprint density at radius 2 is 1.94 bits per heavy atom. The molecule has 1 heterocycles. The van der Waals surface area contributed by atoms with E-state index in [9.17, 15) is 18.0 Å². The van der Waals surface area contributed by atoms with Gasteiger partial charge in [0.2, 0.25) is 15.9 Å². The van der Waals surface area contributed by atoms with Crippen LogP contribution in [-0.4, -0.2) is 60.9 Å². The molecule has 1 aliphatic carbocycles. The number of nitrogens with one attached hydrogen (secondary N) is 1. The first-order chi connectivity index (χ1) is 15.0. The number of imidazole rings is 1. The lowest BCUT2D eigenvalue weighted by atomic mass is 9.77. The predicted octanol–water partition coefficient (Wildman–Crippen LogP) is 1.99. The molecule has 1 amide bonds. The lowest BCUT2D eigenvalue weighted by Crippen LogP contribution is -2.56. The Morgan fingerprint density at radius 1 is 1.28 bits per heavy atom. The van der Waals surface area contributed by atoms with E-state index >= 15 is 0 Å². The number of hydrogen-bond acceptors (Lipinski definition) is 6. The Morgan fingerprint density at radius 3 is 2.53 bits per heavy atom. The molecule has 0 radical (unpaired) electrons. The van der Waals surface area contributed by atoms with E-state index in [-0.39, 0.29) is 17.2 Å². The Hall–Kier alpha value is -2.46. The average Bonchev–Trinajstić information content (AvgIpc) is 3.08. The Bertz CT molecular complexity index is 1110. The van der Waals surface area contributed by atoms with Crippen molar-refractivity contribution in [2.24, 2.45) is 13.0 Å². The van der Waals surface area contributed by atoms with Crippen LogP contribution in [0.25, 0.3) is 11.0 Å². The summed E-state index contributed by atoms with van der Waals surface area (Å²) in [5.74, 6) is 0.563. The fraction of sp³-hybridized carbons (Fsp3) is 0.591. The number of rotatable bonds is 7. The predicted molar refractivity (Wildman–Crippen MR) is 120 cm³/mol. The van der Waals surface area contributed by atoms with E-state index < -0.39 is 21.5 Å². The maximum absolute atomic E-state index is 12.7. The first kappa shape index (κ1) is 24.2. The molecule has 1 aromatic carbocycles. The van der Waals surface area contributed by atoms with E-state index in [1.165, 1.54) is 21.2 Å². The number of aryl methyl sites for hydroxylation is 2. The van der Waals surface area contributed by atoms with Gasteiger partial charge in [-0.2, -0.15) is 0 Å². The van der Waals surface area contributed by atoms with Crippen LogP contribution in [0.15, 0.2) is 23.1 Å². The highest BCUT2D eigenvalue weighted by atomic mass is 32.2. The summed E-state index contributed by atoms with van der Waals surface area (Å²) in [4.78, 5) is 29.9. The first-order valence-electron chi connectivity index (χ1n) is 10.8. The van der Waals surface area contributed by atoms with E-state index in [1.807, 2.05) is 11.6 Å². The zero-order valence-corrected chi connectivity index (χ0v) is 20.2. The van der Waals surface area contributed by atoms with Gasteiger partial charge in [0.1, 0.15) is 11.4 Å². The number of hydrogen-bond donors (Lipinski definition) is 1. The van der Waals surface area contributed by atoms with Crippen molar-refractivity contribution in [3.8, 4) is 0 Å². The van der Waals surface area contributed by atoms with E-state index in [4.69, 9.17) is 4.74 Å². The highest BCUT2D eigenvalue weighted by Crippen LogP contribution is 2.33. The Balaban J connectivity index is 1.74. The summed E-state index contributed by atoms with van der Waals surface area (Å²) in [5.41, 5.74) is 0.378. The van der Waals surface area contributed by atoms with Crippen LogP contribution in [0, 0.1) is 5.92 Å². The van der Waals surface area contributed by atoms with Crippen LogP contribution in [0.3, 0.4) is 0 Å². The monoisotopic (exact) mass is 464 g/mol. The maximum atomic E-state index is 12.7. The number of aromatic nitrogens is 2. The van der Waals surface area contributed by atoms with Crippen LogP contribution in [0.4, 0.5) is 0 Å². The molecule has 3 rings (SSSR count). The standard InChI is InChI=1S/C22H32N4O5S/c1-15-10-12-22(13-11-15,21(28)31-5)24-20(27)9-8-19-23-17-14-16(32(29,30)25(2)3)6-7-18(17)26(19)4/h6-7,14-15H,8-13H2,1-5H3,(H,24,27). The number of sulfonamides is 1. The number of carbonyl (C=O) groups excluding carboxylic acids is 2. The lowest BCUT2D eigenvalue weighted by Gasteiger charge is -2.37. The van der Waals surface area contributed by atoms with E-state index in [2.05, 4.69) is 17.2 Å². The number of esters is 1. The highest BCUT2D eigenvalue weighted by molar-refractivity contribution is 7.89. The van der Waals surface area contributed by atoms with Gasteiger partial charge in [0.25, 0.3) is 0 Å². The minimum atomic E-state index is -3.56. The maximum Gasteiger partial charge on any atom is 0.331 e. The number of fused-ring (bicyclic) bond motifs is 1. The van der Waals surface area contributed by atoms with Gasteiger partial charge in [-0.25, -0.2) is 22.5 Å². The topological polar surface area (TPSA) is 111 Å². The molecule has 176 valence electrons. The van der Waals surface area contributed by atoms with Crippen molar-refractivity contribution in [2.75, 3.05) is 21.2 Å². The van der Waals surface area contributed by atoms with Crippen molar-refractivity contribution in [3.05, 3.63) is 24.0 Å². The van der Waals surface area contributed by atoms with E-state index in [1.54, 1.807) is 18.2 Å². The van der Waals surface area contributed by atoms with Crippen LogP contribution in [0.5, 0.6) is 0 Å². The molecule has 0 atom stereocenters. The fourth-order valence-electron chi connectivity index (χ4n) is 4.21. The summed E-state index contributed by atoms with van der Waals surface area (Å²) in [6.45, 7) is 2.14. The van der Waals surface area contributed by atoms with Crippen molar-refractivity contribution >= 4 is 32.9 Å². The molecule has 1 aliphatic rings. The third-order valence-corrected chi connectivity index (χ3v) is 8.19. The summed E-state index contributed by atoms with van der Waals surface area (Å²) in [6.07, 6.45) is 3.38. The van der Waals surface area contributed by atoms with E-state index in [0.29, 0.717) is 36.5 Å². The van der Waals surface area contributed by atoms with Crippen LogP contribution in [-0.2, 0) is 37.8 Å². The number of methoxy groups -OCH3 is 1. The number of nitrogens with zero attached hydrogens (tertiary/aromatic N) is 3. The number of amides is 1. The molecule has 1 aromatic heterocycles. The number of ether oxygens (including phenoxy) is 1. The largest absolute Gasteiger partial charge is 0.467 e. The number of carbonyl (C=O) groups is 2. The minimum absolute atomic E-state index is 0.161. The smallest absolute Gasteiger partial charge is 0.331 e. The normalized spacial score (nSPS) is 21.6. The zero-order chi connectivity index (χ0) is 23.7. The minimum Gasteiger partial charge on any atom is -0.467 e. The summed E-state index contributed by atoms with van der Waals surface area (Å²) >= 11 is 0. The summed E-state index contributed by atoms with van der Waals surface area (Å²) in [5, 5.41) is 2.93. The molecule has 0 aliphatic heterocycles. The molecule has 0 spiro atoms. The first-order valence-corrected chi connectivity index (χ1v) is 12.2. The molecule has 2 aromatic rings. The van der Waals surface area contributed by atoms with Gasteiger partial charge >= 0.3 is 5.97 Å². The zero-order valence-electron chi connectivity index (χ0n) is 19.3. The summed E-state index contributed by atoms with van der Waals surface area (Å²) in [7, 11) is 2.59. The third kappa shape index (κ3) is 4.66. The van der Waals surface area contributed by atoms with Gasteiger partial charge in [-0.15, -0.1) is 0 Å². The molecule has 0 saturated heterocycles. The second-order valence-corrected chi connectivity index (χ2v) is 11.0. The average molecular weight is 465 g/mol. The molecule has 9 nitrogen and oxygen atoms in total. The molecule has 1 N–H and O–H groups in total. The van der Waals surface area contributed by atoms with Crippen LogP contribution < -0.4 is 5.32 Å². The van der Waals surface area contributed by atoms with Gasteiger partial charge < -0.3 is 14.6 Å². The van der Waals surface area contributed by atoms with Crippen molar-refractivity contribution in [1.82, 2.24) is 19.2 Å². The summed E-state index contributed by atoms with van der Waals surface area (Å²) < 4.78 is 32.8. The SMILES string of the molecule is COC(=O)C1(NC(=O)CCc2nc3cc(S(=O)(=O)N(C)C)ccc3n2C)CCC(C)CC1. The fourth-order valence-corrected chi connectivity index (χ4v) is 5.13. The van der Waals surface area contributed by atoms with Gasteiger partial charge in [-0.05, 0) is 49.8 Å². The van der Waals surface area contributed by atoms with Crippen molar-refractivity contribution < 1.29 is 22.7 Å². The quantitative estimate of drug-likeness (QED) is 0.628. The van der Waals surface area contributed by atoms with Crippen molar-refractivity contribution in [2.45, 2.75) is 55.9 Å². The Labute approximate surface area is 189 Å². The third-order valence-electron chi connectivity index (χ3n) is 6.38. The van der Waals surface area contributed by atoms with Gasteiger partial charge in [0.15, 0.2) is 0 Å². The van der Waals surface area contributed by atoms with Crippen molar-refractivity contribution in [1.29, 1.82) is 0 Å². The second kappa shape index (κ2) is 9.19. The van der Waals surface area contributed by atoms with Gasteiger partial charge in [-0.3, -0.25) is 4.79 Å². The summed E-state index contributed by atoms with van der Waals surface area (Å²) in [6, 6.07) is 4.82. The molecule has 32 heavy (non-hydrogen) atoms. The van der Waals surface area contributed by atoms with Crippen LogP contribution >= 0.6 is 0 Å². The molecule has 1 saturated carbocycles. The molecular weight excluding hydrogens is 432 g/mol. The second-order valence-electron chi connectivity index (χ2n) is 8.83. The lowest BCUT2D eigenvalue weighted by molar-refractivity contribution is -0.153.